The van der Waals surface area contributed by atoms with Crippen molar-refractivity contribution in [1.29, 1.82) is 0 Å². The summed E-state index contributed by atoms with van der Waals surface area (Å²) in [6.07, 6.45) is 3.66. The molecule has 2 aliphatic carbocycles. The van der Waals surface area contributed by atoms with Crippen LogP contribution in [0.25, 0.3) is 11.1 Å². The molecule has 4 rings (SSSR count). The minimum absolute atomic E-state index is 0.00286. The lowest BCUT2D eigenvalue weighted by molar-refractivity contribution is -0.137. The Bertz CT molecular complexity index is 1030. The van der Waals surface area contributed by atoms with Gasteiger partial charge in [-0.05, 0) is 60.3 Å². The highest BCUT2D eigenvalue weighted by Crippen LogP contribution is 2.44. The van der Waals surface area contributed by atoms with E-state index < -0.39 is 17.6 Å². The number of alkyl carbamates (subject to hydrolysis) is 1. The number of carboxylic acid groups (broad SMARTS) is 1. The number of rotatable bonds is 11. The van der Waals surface area contributed by atoms with E-state index in [2.05, 4.69) is 34.9 Å². The Hall–Kier alpha value is -3.35. The summed E-state index contributed by atoms with van der Waals surface area (Å²) in [5, 5.41) is 14.7. The topological polar surface area (TPSA) is 105 Å². The van der Waals surface area contributed by atoms with E-state index in [1.54, 1.807) is 0 Å². The lowest BCUT2D eigenvalue weighted by atomic mass is 9.74. The van der Waals surface area contributed by atoms with Crippen molar-refractivity contribution in [1.82, 2.24) is 10.6 Å². The molecule has 35 heavy (non-hydrogen) atoms. The van der Waals surface area contributed by atoms with Gasteiger partial charge in [-0.15, -0.1) is 0 Å². The van der Waals surface area contributed by atoms with Crippen molar-refractivity contribution in [2.45, 2.75) is 63.3 Å². The summed E-state index contributed by atoms with van der Waals surface area (Å²) in [4.78, 5) is 35.9. The molecule has 0 aliphatic heterocycles. The second kappa shape index (κ2) is 10.9. The Kier molecular flexibility index (Phi) is 7.73. The monoisotopic (exact) mass is 478 g/mol. The molecule has 0 radical (unpaired) electrons. The van der Waals surface area contributed by atoms with Crippen molar-refractivity contribution in [2.75, 3.05) is 13.2 Å². The Morgan fingerprint density at radius 2 is 1.66 bits per heavy atom. The Labute approximate surface area is 206 Å². The van der Waals surface area contributed by atoms with Crippen molar-refractivity contribution in [3.8, 4) is 11.1 Å². The van der Waals surface area contributed by atoms with Crippen molar-refractivity contribution >= 4 is 18.0 Å². The molecular weight excluding hydrogens is 444 g/mol. The van der Waals surface area contributed by atoms with E-state index >= 15 is 0 Å². The van der Waals surface area contributed by atoms with E-state index in [0.717, 1.165) is 36.8 Å². The molecule has 0 heterocycles. The van der Waals surface area contributed by atoms with E-state index in [0.29, 0.717) is 13.0 Å². The van der Waals surface area contributed by atoms with Gasteiger partial charge in [-0.2, -0.15) is 0 Å². The minimum atomic E-state index is -0.799. The van der Waals surface area contributed by atoms with E-state index in [9.17, 15) is 14.4 Å². The van der Waals surface area contributed by atoms with Crippen LogP contribution < -0.4 is 10.6 Å². The Morgan fingerprint density at radius 3 is 2.23 bits per heavy atom. The molecule has 0 bridgehead atoms. The quantitative estimate of drug-likeness (QED) is 0.428. The first-order chi connectivity index (χ1) is 16.9. The normalized spacial score (nSPS) is 16.4. The number of hydrogen-bond acceptors (Lipinski definition) is 4. The summed E-state index contributed by atoms with van der Waals surface area (Å²) < 4.78 is 5.68. The van der Waals surface area contributed by atoms with Crippen LogP contribution in [0.2, 0.25) is 0 Å². The first-order valence-electron chi connectivity index (χ1n) is 12.5. The van der Waals surface area contributed by atoms with Crippen LogP contribution in [0.15, 0.2) is 48.5 Å². The van der Waals surface area contributed by atoms with Gasteiger partial charge in [0.05, 0.1) is 5.54 Å². The zero-order valence-electron chi connectivity index (χ0n) is 20.2. The van der Waals surface area contributed by atoms with Crippen LogP contribution in [0.5, 0.6) is 0 Å². The predicted octanol–water partition coefficient (Wildman–Crippen LogP) is 4.85. The lowest BCUT2D eigenvalue weighted by Crippen LogP contribution is -2.56. The number of carbonyl (C=O) groups is 3. The molecule has 1 saturated carbocycles. The molecule has 1 atom stereocenters. The Balaban J connectivity index is 1.26. The molecule has 2 aromatic rings. The van der Waals surface area contributed by atoms with Gasteiger partial charge in [-0.3, -0.25) is 9.59 Å². The smallest absolute Gasteiger partial charge is 0.407 e. The van der Waals surface area contributed by atoms with Crippen LogP contribution in [0.4, 0.5) is 4.79 Å². The molecule has 2 amide bonds. The summed E-state index contributed by atoms with van der Waals surface area (Å²) in [7, 11) is 0. The highest BCUT2D eigenvalue weighted by atomic mass is 16.5. The van der Waals surface area contributed by atoms with Crippen LogP contribution in [0, 0.1) is 5.92 Å². The molecule has 0 saturated heterocycles. The second-order valence-electron chi connectivity index (χ2n) is 9.94. The third-order valence-corrected chi connectivity index (χ3v) is 7.33. The maximum absolute atomic E-state index is 12.7. The average Bonchev–Trinajstić information content (AvgIpc) is 3.14. The zero-order valence-corrected chi connectivity index (χ0v) is 20.2. The number of carboxylic acids is 1. The van der Waals surface area contributed by atoms with Crippen LogP contribution in [-0.4, -0.2) is 41.8 Å². The van der Waals surface area contributed by atoms with E-state index in [-0.39, 0.29) is 37.2 Å². The second-order valence-corrected chi connectivity index (χ2v) is 9.94. The summed E-state index contributed by atoms with van der Waals surface area (Å²) in [6, 6.07) is 16.4. The molecule has 3 N–H and O–H groups in total. The molecule has 2 aliphatic rings. The molecule has 2 aromatic carbocycles. The fourth-order valence-electron chi connectivity index (χ4n) is 5.14. The van der Waals surface area contributed by atoms with Crippen LogP contribution in [-0.2, 0) is 14.3 Å². The van der Waals surface area contributed by atoms with Gasteiger partial charge in [0.1, 0.15) is 6.61 Å². The number of carbonyl (C=O) groups excluding carboxylic acids is 2. The predicted molar refractivity (Wildman–Crippen MR) is 133 cm³/mol. The number of ether oxygens (including phenoxy) is 1. The third kappa shape index (κ3) is 6.02. The highest BCUT2D eigenvalue weighted by molar-refractivity contribution is 5.80. The van der Waals surface area contributed by atoms with Gasteiger partial charge in [0, 0.05) is 25.3 Å². The van der Waals surface area contributed by atoms with Gasteiger partial charge in [-0.25, -0.2) is 4.79 Å². The third-order valence-electron chi connectivity index (χ3n) is 7.33. The number of hydrogen-bond donors (Lipinski definition) is 3. The molecule has 0 spiro atoms. The lowest BCUT2D eigenvalue weighted by Gasteiger charge is -2.41. The highest BCUT2D eigenvalue weighted by Gasteiger charge is 2.41. The van der Waals surface area contributed by atoms with Crippen LogP contribution in [0.3, 0.4) is 0 Å². The number of benzene rings is 2. The number of nitrogens with one attached hydrogen (secondary N) is 2. The minimum Gasteiger partial charge on any atom is -0.481 e. The molecule has 7 nitrogen and oxygen atoms in total. The molecule has 186 valence electrons. The standard InChI is InChI=1S/C28H34N2O5/c1-19(11-12-26(32)33)13-16-29-25(31)17-28(14-6-15-28)30-27(34)35-18-24-22-9-4-2-7-20(22)21-8-3-5-10-23(21)24/h2-5,7-10,19,24H,6,11-18H2,1H3,(H,29,31)(H,30,34)(H,32,33). The zero-order chi connectivity index (χ0) is 24.8. The molecule has 1 unspecified atom stereocenters. The van der Waals surface area contributed by atoms with Gasteiger partial charge in [0.25, 0.3) is 0 Å². The van der Waals surface area contributed by atoms with Crippen molar-refractivity contribution in [3.63, 3.8) is 0 Å². The van der Waals surface area contributed by atoms with E-state index in [1.165, 1.54) is 11.1 Å². The SMILES string of the molecule is CC(CCNC(=O)CC1(NC(=O)OCC2c3ccccc3-c3ccccc32)CCC1)CCC(=O)O. The van der Waals surface area contributed by atoms with E-state index in [1.807, 2.05) is 31.2 Å². The largest absolute Gasteiger partial charge is 0.481 e. The average molecular weight is 479 g/mol. The van der Waals surface area contributed by atoms with Crippen molar-refractivity contribution < 1.29 is 24.2 Å². The summed E-state index contributed by atoms with van der Waals surface area (Å²) >= 11 is 0. The first-order valence-corrected chi connectivity index (χ1v) is 12.5. The van der Waals surface area contributed by atoms with E-state index in [4.69, 9.17) is 9.84 Å². The Morgan fingerprint density at radius 1 is 1.03 bits per heavy atom. The van der Waals surface area contributed by atoms with Crippen molar-refractivity contribution in [2.24, 2.45) is 5.92 Å². The molecule has 1 fully saturated rings. The van der Waals surface area contributed by atoms with Crippen LogP contribution in [0.1, 0.15) is 68.9 Å². The maximum atomic E-state index is 12.7. The summed E-state index contributed by atoms with van der Waals surface area (Å²) in [6.45, 7) is 2.73. The number of amides is 2. The first kappa shape index (κ1) is 24.8. The van der Waals surface area contributed by atoms with Gasteiger partial charge in [0.2, 0.25) is 5.91 Å². The van der Waals surface area contributed by atoms with Crippen molar-refractivity contribution in [3.05, 3.63) is 59.7 Å². The van der Waals surface area contributed by atoms with Gasteiger partial charge in [-0.1, -0.05) is 55.5 Å². The number of aliphatic carboxylic acids is 1. The fraction of sp³-hybridized carbons (Fsp3) is 0.464. The summed E-state index contributed by atoms with van der Waals surface area (Å²) in [5.41, 5.74) is 4.14. The maximum Gasteiger partial charge on any atom is 0.407 e. The number of fused-ring (bicyclic) bond motifs is 3. The summed E-state index contributed by atoms with van der Waals surface area (Å²) in [5.74, 6) is -0.680. The molecular formula is C28H34N2O5. The van der Waals surface area contributed by atoms with Gasteiger partial charge in [0.15, 0.2) is 0 Å². The molecule has 7 heteroatoms. The van der Waals surface area contributed by atoms with Crippen LogP contribution >= 0.6 is 0 Å². The molecule has 0 aromatic heterocycles. The van der Waals surface area contributed by atoms with Gasteiger partial charge < -0.3 is 20.5 Å². The fourth-order valence-corrected chi connectivity index (χ4v) is 5.14. The van der Waals surface area contributed by atoms with Gasteiger partial charge >= 0.3 is 12.1 Å².